The lowest BCUT2D eigenvalue weighted by atomic mass is 9.94. The Hall–Kier alpha value is 0.0200. The van der Waals surface area contributed by atoms with E-state index in [1.54, 1.807) is 0 Å². The molecule has 0 aliphatic rings. The van der Waals surface area contributed by atoms with Crippen LogP contribution in [0.1, 0.15) is 24.3 Å². The maximum Gasteiger partial charge on any atom is 0.176 e. The molecule has 0 bridgehead atoms. The number of alkyl halides is 1. The molecule has 7 heteroatoms. The summed E-state index contributed by atoms with van der Waals surface area (Å²) in [4.78, 5) is 0. The maximum atomic E-state index is 10.5. The van der Waals surface area contributed by atoms with Crippen molar-refractivity contribution in [2.24, 2.45) is 0 Å². The zero-order chi connectivity index (χ0) is 13.5. The Bertz CT molecular complexity index is 387. The van der Waals surface area contributed by atoms with Gasteiger partial charge >= 0.3 is 0 Å². The van der Waals surface area contributed by atoms with Crippen molar-refractivity contribution >= 4 is 38.9 Å². The molecule has 0 heterocycles. The molecular weight excluding hydrogens is 344 g/mol. The molecule has 0 amide bonds. The zero-order valence-electron chi connectivity index (χ0n) is 9.42. The van der Waals surface area contributed by atoms with Gasteiger partial charge in [0.2, 0.25) is 0 Å². The second-order valence-corrected chi connectivity index (χ2v) is 5.57. The van der Waals surface area contributed by atoms with E-state index >= 15 is 0 Å². The highest BCUT2D eigenvalue weighted by atomic mass is 79.9. The fourth-order valence-corrected chi connectivity index (χ4v) is 2.34. The molecule has 18 heavy (non-hydrogen) atoms. The van der Waals surface area contributed by atoms with Crippen LogP contribution in [0.2, 0.25) is 0 Å². The summed E-state index contributed by atoms with van der Waals surface area (Å²) in [5.74, 6) is 0.0231. The molecule has 3 atom stereocenters. The Morgan fingerprint density at radius 3 is 2.56 bits per heavy atom. The summed E-state index contributed by atoms with van der Waals surface area (Å²) in [5.41, 5.74) is 0.807. The van der Waals surface area contributed by atoms with Crippen molar-refractivity contribution in [1.82, 2.24) is 0 Å². The fraction of sp³-hybridized carbons (Fsp3) is 0.455. The predicted molar refractivity (Wildman–Crippen MR) is 72.8 cm³/mol. The van der Waals surface area contributed by atoms with Gasteiger partial charge in [0, 0.05) is 16.3 Å². The van der Waals surface area contributed by atoms with Crippen LogP contribution in [0, 0.1) is 0 Å². The van der Waals surface area contributed by atoms with Crippen molar-refractivity contribution in [3.8, 4) is 0 Å². The Morgan fingerprint density at radius 1 is 1.44 bits per heavy atom. The minimum absolute atomic E-state index is 0.422. The van der Waals surface area contributed by atoms with Gasteiger partial charge in [0.1, 0.15) is 0 Å². The fourth-order valence-electron chi connectivity index (χ4n) is 1.63. The van der Waals surface area contributed by atoms with Gasteiger partial charge in [-0.3, -0.25) is 4.18 Å². The molecule has 0 radical (unpaired) electrons. The molecule has 3 unspecified atom stereocenters. The van der Waals surface area contributed by atoms with E-state index in [4.69, 9.17) is 11.6 Å². The van der Waals surface area contributed by atoms with E-state index in [2.05, 4.69) is 20.1 Å². The standard InChI is InChI=1S/C11H14BrClO4S/c12-9-5-3-8(4-6-9)10(2-1-7-13)11(14)17-18(15)16/h3-6,10-11,14H,1-2,7H2,(H,15,16)/p-1. The number of halogens is 2. The third-order valence-corrected chi connectivity index (χ3v) is 3.62. The summed E-state index contributed by atoms with van der Waals surface area (Å²) in [6.45, 7) is 0. The number of benzene rings is 1. The van der Waals surface area contributed by atoms with Gasteiger partial charge in [-0.05, 0) is 30.5 Å². The highest BCUT2D eigenvalue weighted by Crippen LogP contribution is 2.27. The van der Waals surface area contributed by atoms with Crippen molar-refractivity contribution in [3.63, 3.8) is 0 Å². The van der Waals surface area contributed by atoms with Crippen molar-refractivity contribution in [2.75, 3.05) is 5.88 Å². The van der Waals surface area contributed by atoms with Crippen LogP contribution in [0.25, 0.3) is 0 Å². The first-order valence-electron chi connectivity index (χ1n) is 5.30. The summed E-state index contributed by atoms with van der Waals surface area (Å²) in [6, 6.07) is 7.26. The van der Waals surface area contributed by atoms with Gasteiger partial charge in [-0.2, -0.15) is 0 Å². The van der Waals surface area contributed by atoms with Gasteiger partial charge < -0.3 is 9.66 Å². The normalized spacial score (nSPS) is 16.2. The summed E-state index contributed by atoms with van der Waals surface area (Å²) in [5, 5.41) is 9.76. The van der Waals surface area contributed by atoms with Crippen molar-refractivity contribution < 1.29 is 18.1 Å². The maximum absolute atomic E-state index is 10.5. The Balaban J connectivity index is 2.82. The minimum Gasteiger partial charge on any atom is -0.750 e. The average Bonchev–Trinajstić information content (AvgIpc) is 2.31. The molecule has 0 aliphatic carbocycles. The lowest BCUT2D eigenvalue weighted by molar-refractivity contribution is -0.0370. The number of aliphatic hydroxyl groups is 1. The Labute approximate surface area is 122 Å². The summed E-state index contributed by atoms with van der Waals surface area (Å²) < 4.78 is 26.2. The van der Waals surface area contributed by atoms with Crippen LogP contribution in [0.3, 0.4) is 0 Å². The van der Waals surface area contributed by atoms with Crippen LogP contribution in [-0.4, -0.2) is 26.0 Å². The molecule has 0 aromatic heterocycles. The molecule has 1 aromatic carbocycles. The van der Waals surface area contributed by atoms with E-state index < -0.39 is 23.6 Å². The van der Waals surface area contributed by atoms with Crippen LogP contribution in [0.15, 0.2) is 28.7 Å². The number of rotatable bonds is 7. The van der Waals surface area contributed by atoms with Gasteiger partial charge in [-0.25, -0.2) is 4.21 Å². The monoisotopic (exact) mass is 355 g/mol. The third kappa shape index (κ3) is 5.34. The Kier molecular flexibility index (Phi) is 7.36. The van der Waals surface area contributed by atoms with E-state index in [1.807, 2.05) is 24.3 Å². The van der Waals surface area contributed by atoms with Crippen LogP contribution in [0.4, 0.5) is 0 Å². The topological polar surface area (TPSA) is 69.6 Å². The quantitative estimate of drug-likeness (QED) is 0.463. The molecule has 0 saturated carbocycles. The molecule has 0 saturated heterocycles. The second-order valence-electron chi connectivity index (χ2n) is 3.68. The second kappa shape index (κ2) is 8.24. The van der Waals surface area contributed by atoms with Crippen LogP contribution in [0.5, 0.6) is 0 Å². The summed E-state index contributed by atoms with van der Waals surface area (Å²) >= 11 is 6.19. The first-order chi connectivity index (χ1) is 8.54. The average molecular weight is 357 g/mol. The van der Waals surface area contributed by atoms with Gasteiger partial charge in [-0.1, -0.05) is 28.1 Å². The molecule has 0 aliphatic heterocycles. The highest BCUT2D eigenvalue weighted by molar-refractivity contribution is 9.10. The van der Waals surface area contributed by atoms with E-state index in [9.17, 15) is 13.9 Å². The lowest BCUT2D eigenvalue weighted by Gasteiger charge is -2.23. The van der Waals surface area contributed by atoms with E-state index in [1.165, 1.54) is 0 Å². The predicted octanol–water partition coefficient (Wildman–Crippen LogP) is 2.68. The smallest absolute Gasteiger partial charge is 0.176 e. The number of hydrogen-bond acceptors (Lipinski definition) is 4. The molecule has 0 spiro atoms. The van der Waals surface area contributed by atoms with Gasteiger partial charge in [0.05, 0.1) is 11.4 Å². The highest BCUT2D eigenvalue weighted by Gasteiger charge is 2.22. The summed E-state index contributed by atoms with van der Waals surface area (Å²) in [7, 11) is 0. The van der Waals surface area contributed by atoms with Crippen molar-refractivity contribution in [2.45, 2.75) is 25.0 Å². The lowest BCUT2D eigenvalue weighted by Crippen LogP contribution is -2.23. The SMILES string of the molecule is O=S([O-])OC(O)C(CCCCl)c1ccc(Br)cc1. The van der Waals surface area contributed by atoms with Crippen LogP contribution < -0.4 is 0 Å². The van der Waals surface area contributed by atoms with E-state index in [-0.39, 0.29) is 0 Å². The molecule has 0 fully saturated rings. The first-order valence-corrected chi connectivity index (χ1v) is 7.63. The molecule has 1 aromatic rings. The van der Waals surface area contributed by atoms with Crippen LogP contribution in [-0.2, 0) is 15.5 Å². The van der Waals surface area contributed by atoms with Crippen LogP contribution >= 0.6 is 27.5 Å². The van der Waals surface area contributed by atoms with Gasteiger partial charge in [0.25, 0.3) is 0 Å². The molecular formula is C11H13BrClO4S-. The largest absolute Gasteiger partial charge is 0.750 e. The minimum atomic E-state index is -2.74. The molecule has 4 nitrogen and oxygen atoms in total. The van der Waals surface area contributed by atoms with Crippen molar-refractivity contribution in [1.29, 1.82) is 0 Å². The van der Waals surface area contributed by atoms with Gasteiger partial charge in [0.15, 0.2) is 6.29 Å². The van der Waals surface area contributed by atoms with Gasteiger partial charge in [-0.15, -0.1) is 11.6 Å². The first kappa shape index (κ1) is 16.1. The van der Waals surface area contributed by atoms with E-state index in [0.29, 0.717) is 18.7 Å². The number of aliphatic hydroxyl groups excluding tert-OH is 1. The third-order valence-electron chi connectivity index (χ3n) is 2.47. The molecule has 1 rings (SSSR count). The number of hydrogen-bond donors (Lipinski definition) is 1. The molecule has 1 N–H and O–H groups in total. The van der Waals surface area contributed by atoms with Crippen molar-refractivity contribution in [3.05, 3.63) is 34.3 Å². The molecule has 102 valence electrons. The Morgan fingerprint density at radius 2 is 2.06 bits per heavy atom. The summed E-state index contributed by atoms with van der Waals surface area (Å²) in [6.07, 6.45) is -0.190. The van der Waals surface area contributed by atoms with E-state index in [0.717, 1.165) is 10.0 Å². The zero-order valence-corrected chi connectivity index (χ0v) is 12.6.